The van der Waals surface area contributed by atoms with Crippen molar-refractivity contribution in [1.29, 1.82) is 0 Å². The summed E-state index contributed by atoms with van der Waals surface area (Å²) in [6.07, 6.45) is 0. The number of para-hydroxylation sites is 3. The van der Waals surface area contributed by atoms with Crippen molar-refractivity contribution in [2.45, 2.75) is 13.0 Å². The lowest BCUT2D eigenvalue weighted by Crippen LogP contribution is -2.46. The SMILES string of the molecule is Cc1nn(-c2ccccc2)c2c1C(c1cccc(Br)c1)N1C(=N2)C(Nc2ccc(Cl)cc2)=Nc2ccccc21. The molecule has 0 bridgehead atoms. The van der Waals surface area contributed by atoms with Crippen LogP contribution in [0.5, 0.6) is 0 Å². The first-order valence-electron chi connectivity index (χ1n) is 12.6. The molecule has 0 radical (unpaired) electrons. The molecule has 6 nitrogen and oxygen atoms in total. The summed E-state index contributed by atoms with van der Waals surface area (Å²) in [6, 6.07) is 34.1. The van der Waals surface area contributed by atoms with Gasteiger partial charge < -0.3 is 10.2 Å². The van der Waals surface area contributed by atoms with Crippen LogP contribution >= 0.6 is 27.5 Å². The van der Waals surface area contributed by atoms with Crippen molar-refractivity contribution in [2.24, 2.45) is 9.98 Å². The van der Waals surface area contributed by atoms with E-state index in [1.165, 1.54) is 0 Å². The monoisotopic (exact) mass is 592 g/mol. The number of nitrogens with one attached hydrogen (secondary N) is 1. The molecular weight excluding hydrogens is 572 g/mol. The zero-order valence-electron chi connectivity index (χ0n) is 20.9. The first-order chi connectivity index (χ1) is 19.1. The van der Waals surface area contributed by atoms with Crippen LogP contribution in [0.1, 0.15) is 22.9 Å². The molecule has 1 unspecified atom stereocenters. The minimum absolute atomic E-state index is 0.180. The van der Waals surface area contributed by atoms with Gasteiger partial charge in [-0.15, -0.1) is 0 Å². The molecule has 4 aromatic carbocycles. The highest BCUT2D eigenvalue weighted by atomic mass is 79.9. The Labute approximate surface area is 239 Å². The van der Waals surface area contributed by atoms with Crippen LogP contribution in [-0.4, -0.2) is 21.5 Å². The quantitative estimate of drug-likeness (QED) is 0.229. The van der Waals surface area contributed by atoms with Crippen molar-refractivity contribution in [2.75, 3.05) is 10.2 Å². The minimum Gasteiger partial charge on any atom is -0.337 e. The van der Waals surface area contributed by atoms with Crippen LogP contribution in [0.4, 0.5) is 22.9 Å². The van der Waals surface area contributed by atoms with Gasteiger partial charge in [-0.05, 0) is 73.2 Å². The number of aryl methyl sites for hydroxylation is 1. The number of rotatable bonds is 3. The Hall–Kier alpha value is -4.20. The summed E-state index contributed by atoms with van der Waals surface area (Å²) in [5.74, 6) is 2.17. The fourth-order valence-corrected chi connectivity index (χ4v) is 5.75. The maximum Gasteiger partial charge on any atom is 0.179 e. The van der Waals surface area contributed by atoms with Gasteiger partial charge in [0.15, 0.2) is 17.5 Å². The van der Waals surface area contributed by atoms with Crippen LogP contribution in [0, 0.1) is 6.92 Å². The molecule has 2 aliphatic heterocycles. The van der Waals surface area contributed by atoms with Crippen molar-refractivity contribution >= 4 is 62.1 Å². The van der Waals surface area contributed by atoms with Crippen LogP contribution in [0.3, 0.4) is 0 Å². The van der Waals surface area contributed by atoms with Crippen molar-refractivity contribution in [3.8, 4) is 5.69 Å². The molecule has 0 saturated carbocycles. The van der Waals surface area contributed by atoms with Gasteiger partial charge in [0.25, 0.3) is 0 Å². The topological polar surface area (TPSA) is 57.8 Å². The van der Waals surface area contributed by atoms with Crippen LogP contribution < -0.4 is 10.2 Å². The van der Waals surface area contributed by atoms with Crippen LogP contribution in [0.25, 0.3) is 5.69 Å². The van der Waals surface area contributed by atoms with Gasteiger partial charge in [-0.2, -0.15) is 5.10 Å². The van der Waals surface area contributed by atoms with Gasteiger partial charge in [0.2, 0.25) is 0 Å². The average molecular weight is 594 g/mol. The highest BCUT2D eigenvalue weighted by molar-refractivity contribution is 9.10. The maximum atomic E-state index is 6.16. The van der Waals surface area contributed by atoms with Gasteiger partial charge in [-0.3, -0.25) is 0 Å². The van der Waals surface area contributed by atoms with Gasteiger partial charge >= 0.3 is 0 Å². The Morgan fingerprint density at radius 2 is 1.62 bits per heavy atom. The molecule has 8 heteroatoms. The van der Waals surface area contributed by atoms with E-state index in [-0.39, 0.29) is 6.04 Å². The largest absolute Gasteiger partial charge is 0.337 e. The summed E-state index contributed by atoms with van der Waals surface area (Å²) in [6.45, 7) is 2.06. The third kappa shape index (κ3) is 4.15. The summed E-state index contributed by atoms with van der Waals surface area (Å²) in [4.78, 5) is 12.6. The van der Waals surface area contributed by atoms with E-state index in [4.69, 9.17) is 26.7 Å². The lowest BCUT2D eigenvalue weighted by Gasteiger charge is -2.40. The lowest BCUT2D eigenvalue weighted by molar-refractivity contribution is 0.815. The summed E-state index contributed by atoms with van der Waals surface area (Å²) >= 11 is 9.86. The fourth-order valence-electron chi connectivity index (χ4n) is 5.21. The first-order valence-corrected chi connectivity index (χ1v) is 13.7. The molecule has 0 saturated heterocycles. The van der Waals surface area contributed by atoms with Gasteiger partial charge in [-0.1, -0.05) is 70.0 Å². The number of halogens is 2. The van der Waals surface area contributed by atoms with Crippen molar-refractivity contribution in [3.63, 3.8) is 0 Å². The number of fused-ring (bicyclic) bond motifs is 4. The lowest BCUT2D eigenvalue weighted by atomic mass is 9.93. The van der Waals surface area contributed by atoms with Gasteiger partial charge in [-0.25, -0.2) is 14.7 Å². The summed E-state index contributed by atoms with van der Waals surface area (Å²) in [5, 5.41) is 9.17. The third-order valence-electron chi connectivity index (χ3n) is 6.91. The third-order valence-corrected chi connectivity index (χ3v) is 7.66. The van der Waals surface area contributed by atoms with E-state index in [0.717, 1.165) is 55.7 Å². The fraction of sp³-hybridized carbons (Fsp3) is 0.0645. The van der Waals surface area contributed by atoms with Crippen molar-refractivity contribution in [3.05, 3.63) is 129 Å². The Balaban J connectivity index is 1.50. The van der Waals surface area contributed by atoms with E-state index in [1.807, 2.05) is 83.5 Å². The van der Waals surface area contributed by atoms with E-state index in [1.54, 1.807) is 0 Å². The van der Waals surface area contributed by atoms with E-state index >= 15 is 0 Å². The second-order valence-electron chi connectivity index (χ2n) is 9.41. The Morgan fingerprint density at radius 3 is 2.41 bits per heavy atom. The second kappa shape index (κ2) is 9.52. The molecule has 0 aliphatic carbocycles. The van der Waals surface area contributed by atoms with Crippen molar-refractivity contribution < 1.29 is 0 Å². The number of nitrogens with zero attached hydrogens (tertiary/aromatic N) is 5. The van der Waals surface area contributed by atoms with Crippen LogP contribution in [0.2, 0.25) is 5.02 Å². The molecule has 0 amide bonds. The number of anilines is 2. The van der Waals surface area contributed by atoms with Gasteiger partial charge in [0, 0.05) is 20.7 Å². The Morgan fingerprint density at radius 1 is 0.846 bits per heavy atom. The van der Waals surface area contributed by atoms with E-state index in [0.29, 0.717) is 10.9 Å². The highest BCUT2D eigenvalue weighted by Crippen LogP contribution is 2.48. The normalized spacial score (nSPS) is 15.6. The minimum atomic E-state index is -0.180. The molecule has 1 aromatic heterocycles. The van der Waals surface area contributed by atoms with E-state index < -0.39 is 0 Å². The molecular formula is C31H22BrClN6. The molecule has 5 aromatic rings. The average Bonchev–Trinajstić information content (AvgIpc) is 3.29. The smallest absolute Gasteiger partial charge is 0.179 e. The van der Waals surface area contributed by atoms with Gasteiger partial charge in [0.05, 0.1) is 28.8 Å². The maximum absolute atomic E-state index is 6.16. The van der Waals surface area contributed by atoms with Crippen LogP contribution in [0.15, 0.2) is 118 Å². The predicted octanol–water partition coefficient (Wildman–Crippen LogP) is 8.39. The Kier molecular flexibility index (Phi) is 5.83. The number of hydrogen-bond donors (Lipinski definition) is 1. The number of benzene rings is 4. The molecule has 0 fully saturated rings. The Bertz CT molecular complexity index is 1780. The number of aliphatic imine (C=N–C) groups is 2. The molecule has 1 N–H and O–H groups in total. The zero-order valence-corrected chi connectivity index (χ0v) is 23.2. The highest BCUT2D eigenvalue weighted by Gasteiger charge is 2.41. The summed E-state index contributed by atoms with van der Waals surface area (Å²) in [7, 11) is 0. The molecule has 0 spiro atoms. The van der Waals surface area contributed by atoms with E-state index in [9.17, 15) is 0 Å². The molecule has 39 heavy (non-hydrogen) atoms. The van der Waals surface area contributed by atoms with Crippen LogP contribution in [-0.2, 0) is 0 Å². The number of aromatic nitrogens is 2. The number of amidine groups is 2. The standard InChI is InChI=1S/C31H22BrClN6/c1-19-27-28(20-8-7-9-21(32)18-20)38-26-13-6-5-12-25(26)35-29(34-23-16-14-22(33)15-17-23)31(38)36-30(27)39(37-19)24-10-3-2-4-11-24/h2-18,28H,1H3,(H,34,35). The molecule has 1 atom stereocenters. The molecule has 190 valence electrons. The molecule has 3 heterocycles. The molecule has 7 rings (SSSR count). The number of hydrogen-bond acceptors (Lipinski definition) is 5. The summed E-state index contributed by atoms with van der Waals surface area (Å²) in [5.41, 5.74) is 6.78. The van der Waals surface area contributed by atoms with Gasteiger partial charge in [0.1, 0.15) is 0 Å². The van der Waals surface area contributed by atoms with Crippen molar-refractivity contribution in [1.82, 2.24) is 9.78 Å². The first kappa shape index (κ1) is 23.9. The van der Waals surface area contributed by atoms with E-state index in [2.05, 4.69) is 57.3 Å². The molecule has 2 aliphatic rings. The predicted molar refractivity (Wildman–Crippen MR) is 162 cm³/mol. The summed E-state index contributed by atoms with van der Waals surface area (Å²) < 4.78 is 2.94. The second-order valence-corrected chi connectivity index (χ2v) is 10.8. The zero-order chi connectivity index (χ0) is 26.5.